The second-order valence-corrected chi connectivity index (χ2v) is 8.24. The van der Waals surface area contributed by atoms with Crippen LogP contribution in [0.25, 0.3) is 10.2 Å². The van der Waals surface area contributed by atoms with Crippen LogP contribution in [0, 0.1) is 0 Å². The zero-order valence-electron chi connectivity index (χ0n) is 14.8. The molecule has 0 atom stereocenters. The van der Waals surface area contributed by atoms with E-state index < -0.39 is 0 Å². The lowest BCUT2D eigenvalue weighted by molar-refractivity contribution is -0.115. The lowest BCUT2D eigenvalue weighted by Gasteiger charge is -2.02. The predicted molar refractivity (Wildman–Crippen MR) is 111 cm³/mol. The fourth-order valence-electron chi connectivity index (χ4n) is 2.38. The Labute approximate surface area is 168 Å². The molecule has 142 valence electrons. The van der Waals surface area contributed by atoms with Gasteiger partial charge in [0.15, 0.2) is 9.93 Å². The minimum atomic E-state index is -0.261. The summed E-state index contributed by atoms with van der Waals surface area (Å²) in [5.74, 6) is 0.653. The molecule has 27 heavy (non-hydrogen) atoms. The number of rotatable bonds is 7. The third kappa shape index (κ3) is 4.96. The largest absolute Gasteiger partial charge is 0.497 e. The van der Waals surface area contributed by atoms with Crippen molar-refractivity contribution in [2.75, 3.05) is 23.9 Å². The minimum absolute atomic E-state index is 0.145. The number of aryl methyl sites for hydroxylation is 1. The number of nitrogens with zero attached hydrogens (tertiary/aromatic N) is 3. The van der Waals surface area contributed by atoms with E-state index in [1.807, 2.05) is 29.7 Å². The Balaban J connectivity index is 1.65. The molecule has 1 N–H and O–H groups in total. The summed E-state index contributed by atoms with van der Waals surface area (Å²) in [4.78, 5) is 32.9. The average molecular weight is 423 g/mol. The van der Waals surface area contributed by atoms with Crippen LogP contribution in [0.3, 0.4) is 0 Å². The topological polar surface area (TPSA) is 85.6 Å². The first-order chi connectivity index (χ1) is 13.1. The molecule has 0 aliphatic heterocycles. The van der Waals surface area contributed by atoms with Gasteiger partial charge in [-0.15, -0.1) is 23.1 Å². The van der Waals surface area contributed by atoms with Crippen molar-refractivity contribution in [3.63, 3.8) is 0 Å². The average Bonchev–Trinajstić information content (AvgIpc) is 3.27. The first kappa shape index (κ1) is 19.6. The third-order valence-electron chi connectivity index (χ3n) is 3.56. The Kier molecular flexibility index (Phi) is 6.64. The number of hydrogen-bond acceptors (Lipinski definition) is 7. The van der Waals surface area contributed by atoms with E-state index in [1.54, 1.807) is 18.7 Å². The highest BCUT2D eigenvalue weighted by Gasteiger charge is 2.09. The second kappa shape index (κ2) is 9.16. The smallest absolute Gasteiger partial charge is 0.258 e. The van der Waals surface area contributed by atoms with Gasteiger partial charge in [0.25, 0.3) is 5.91 Å². The summed E-state index contributed by atoms with van der Waals surface area (Å²) in [6.45, 7) is 2.72. The zero-order valence-corrected chi connectivity index (χ0v) is 17.2. The third-order valence-corrected chi connectivity index (χ3v) is 6.21. The molecule has 2 heterocycles. The van der Waals surface area contributed by atoms with Crippen LogP contribution in [0.5, 0.6) is 5.75 Å². The van der Waals surface area contributed by atoms with Crippen LogP contribution in [0.4, 0.5) is 5.13 Å². The molecule has 0 aliphatic carbocycles. The Morgan fingerprint density at radius 2 is 2.22 bits per heavy atom. The van der Waals surface area contributed by atoms with Crippen LogP contribution < -0.4 is 14.9 Å². The molecule has 0 saturated heterocycles. The molecule has 0 saturated carbocycles. The van der Waals surface area contributed by atoms with E-state index >= 15 is 0 Å². The molecule has 0 bridgehead atoms. The van der Waals surface area contributed by atoms with Crippen molar-refractivity contribution in [1.82, 2.24) is 9.55 Å². The van der Waals surface area contributed by atoms with Gasteiger partial charge in [0.05, 0.1) is 28.8 Å². The number of thiazole rings is 2. The monoisotopic (exact) mass is 422 g/mol. The first-order valence-electron chi connectivity index (χ1n) is 8.12. The highest BCUT2D eigenvalue weighted by molar-refractivity contribution is 8.00. The lowest BCUT2D eigenvalue weighted by atomic mass is 10.3. The standard InChI is InChI=1S/C17H18N4O3S3/c1-3-21-12-5-4-11(24-2)8-13(12)27-17(21)20-15(23)10-25-9-14(22)19-16-18-6-7-26-16/h4-8H,3,9-10H2,1-2H3,(H,18,19,22). The summed E-state index contributed by atoms with van der Waals surface area (Å²) in [5.41, 5.74) is 1.02. The van der Waals surface area contributed by atoms with Gasteiger partial charge >= 0.3 is 0 Å². The van der Waals surface area contributed by atoms with Gasteiger partial charge in [0, 0.05) is 18.1 Å². The van der Waals surface area contributed by atoms with Gasteiger partial charge in [-0.1, -0.05) is 11.3 Å². The molecule has 0 spiro atoms. The fourth-order valence-corrected chi connectivity index (χ4v) is 4.67. The molecule has 10 heteroatoms. The van der Waals surface area contributed by atoms with Gasteiger partial charge in [0.2, 0.25) is 5.91 Å². The highest BCUT2D eigenvalue weighted by Crippen LogP contribution is 2.23. The summed E-state index contributed by atoms with van der Waals surface area (Å²) < 4.78 is 8.26. The van der Waals surface area contributed by atoms with Crippen molar-refractivity contribution >= 4 is 61.6 Å². The number of aromatic nitrogens is 2. The maximum Gasteiger partial charge on any atom is 0.258 e. The lowest BCUT2D eigenvalue weighted by Crippen LogP contribution is -2.18. The number of anilines is 1. The number of benzene rings is 1. The molecule has 3 rings (SSSR count). The van der Waals surface area contributed by atoms with Gasteiger partial charge in [-0.05, 0) is 25.1 Å². The van der Waals surface area contributed by atoms with Gasteiger partial charge in [-0.2, -0.15) is 4.99 Å². The Hall–Kier alpha value is -2.17. The van der Waals surface area contributed by atoms with Crippen LogP contribution in [0.2, 0.25) is 0 Å². The van der Waals surface area contributed by atoms with Crippen LogP contribution in [-0.4, -0.2) is 40.0 Å². The molecule has 1 aromatic carbocycles. The van der Waals surface area contributed by atoms with Crippen LogP contribution in [-0.2, 0) is 16.1 Å². The summed E-state index contributed by atoms with van der Waals surface area (Å²) in [6, 6.07) is 5.80. The maximum atomic E-state index is 12.2. The molecule has 3 aromatic rings. The second-order valence-electron chi connectivity index (χ2n) is 5.35. The van der Waals surface area contributed by atoms with Crippen molar-refractivity contribution in [2.24, 2.45) is 4.99 Å². The number of carbonyl (C=O) groups excluding carboxylic acids is 2. The van der Waals surface area contributed by atoms with E-state index in [0.29, 0.717) is 16.5 Å². The van der Waals surface area contributed by atoms with Gasteiger partial charge in [-0.25, -0.2) is 4.98 Å². The van der Waals surface area contributed by atoms with E-state index in [9.17, 15) is 9.59 Å². The van der Waals surface area contributed by atoms with Gasteiger partial charge < -0.3 is 14.6 Å². The molecule has 7 nitrogen and oxygen atoms in total. The number of hydrogen-bond donors (Lipinski definition) is 1. The quantitative estimate of drug-likeness (QED) is 0.633. The van der Waals surface area contributed by atoms with Gasteiger partial charge in [0.1, 0.15) is 5.75 Å². The van der Waals surface area contributed by atoms with E-state index in [-0.39, 0.29) is 23.3 Å². The fraction of sp³-hybridized carbons (Fsp3) is 0.294. The highest BCUT2D eigenvalue weighted by atomic mass is 32.2. The summed E-state index contributed by atoms with van der Waals surface area (Å²) in [7, 11) is 1.62. The number of ether oxygens (including phenoxy) is 1. The van der Waals surface area contributed by atoms with Crippen LogP contribution in [0.15, 0.2) is 34.8 Å². The minimum Gasteiger partial charge on any atom is -0.497 e. The van der Waals surface area contributed by atoms with E-state index in [1.165, 1.54) is 34.4 Å². The maximum absolute atomic E-state index is 12.2. The molecular weight excluding hydrogens is 404 g/mol. The van der Waals surface area contributed by atoms with Crippen molar-refractivity contribution in [2.45, 2.75) is 13.5 Å². The molecule has 0 aliphatic rings. The summed E-state index contributed by atoms with van der Waals surface area (Å²) in [5, 5.41) is 5.03. The zero-order chi connectivity index (χ0) is 19.2. The van der Waals surface area contributed by atoms with E-state index in [2.05, 4.69) is 15.3 Å². The first-order valence-corrected chi connectivity index (χ1v) is 11.0. The number of carbonyl (C=O) groups is 2. The van der Waals surface area contributed by atoms with Crippen molar-refractivity contribution < 1.29 is 14.3 Å². The van der Waals surface area contributed by atoms with Crippen LogP contribution >= 0.6 is 34.4 Å². The van der Waals surface area contributed by atoms with E-state index in [0.717, 1.165) is 16.0 Å². The molecule has 2 aromatic heterocycles. The Morgan fingerprint density at radius 3 is 2.93 bits per heavy atom. The van der Waals surface area contributed by atoms with Crippen molar-refractivity contribution in [3.8, 4) is 5.75 Å². The molecule has 2 amide bonds. The van der Waals surface area contributed by atoms with Gasteiger partial charge in [-0.3, -0.25) is 9.59 Å². The normalized spacial score (nSPS) is 11.7. The number of thioether (sulfide) groups is 1. The molecular formula is C17H18N4O3S3. The summed E-state index contributed by atoms with van der Waals surface area (Å²) >= 11 is 4.04. The SMILES string of the molecule is CCn1c(=NC(=O)CSCC(=O)Nc2nccs2)sc2cc(OC)ccc21. The molecule has 0 fully saturated rings. The number of fused-ring (bicyclic) bond motifs is 1. The van der Waals surface area contributed by atoms with Crippen LogP contribution in [0.1, 0.15) is 6.92 Å². The predicted octanol–water partition coefficient (Wildman–Crippen LogP) is 2.99. The Bertz CT molecular complexity index is 1010. The number of amides is 2. The summed E-state index contributed by atoms with van der Waals surface area (Å²) in [6.07, 6.45) is 1.62. The number of methoxy groups -OCH3 is 1. The number of nitrogens with one attached hydrogen (secondary N) is 1. The van der Waals surface area contributed by atoms with Crippen molar-refractivity contribution in [1.29, 1.82) is 0 Å². The molecule has 0 unspecified atom stereocenters. The Morgan fingerprint density at radius 1 is 1.37 bits per heavy atom. The molecule has 0 radical (unpaired) electrons. The van der Waals surface area contributed by atoms with Crippen molar-refractivity contribution in [3.05, 3.63) is 34.6 Å². The van der Waals surface area contributed by atoms with E-state index in [4.69, 9.17) is 4.74 Å².